The van der Waals surface area contributed by atoms with Crippen LogP contribution in [0.2, 0.25) is 0 Å². The van der Waals surface area contributed by atoms with Crippen molar-refractivity contribution in [3.05, 3.63) is 17.0 Å². The Morgan fingerprint density at radius 2 is 2.04 bits per heavy atom. The van der Waals surface area contributed by atoms with Crippen molar-refractivity contribution in [3.8, 4) is 0 Å². The summed E-state index contributed by atoms with van der Waals surface area (Å²) < 4.78 is 41.5. The van der Waals surface area contributed by atoms with Crippen molar-refractivity contribution in [2.75, 3.05) is 13.2 Å². The van der Waals surface area contributed by atoms with Crippen LogP contribution in [0.1, 0.15) is 35.8 Å². The van der Waals surface area contributed by atoms with E-state index < -0.39 is 18.2 Å². The number of amides is 2. The van der Waals surface area contributed by atoms with Gasteiger partial charge in [-0.2, -0.15) is 18.3 Å². The number of rotatable bonds is 5. The number of carbonyl (C=O) groups excluding carboxylic acids is 1. The van der Waals surface area contributed by atoms with E-state index in [1.54, 1.807) is 7.05 Å². The highest BCUT2D eigenvalue weighted by Crippen LogP contribution is 2.44. The number of nitrogens with one attached hydrogen (secondary N) is 2. The summed E-state index contributed by atoms with van der Waals surface area (Å²) in [6.45, 7) is 3.08. The lowest BCUT2D eigenvalue weighted by Crippen LogP contribution is -2.45. The number of urea groups is 1. The van der Waals surface area contributed by atoms with E-state index in [0.29, 0.717) is 5.69 Å². The lowest BCUT2D eigenvalue weighted by atomic mass is 10.0. The van der Waals surface area contributed by atoms with E-state index in [0.717, 1.165) is 12.8 Å². The predicted molar refractivity (Wildman–Crippen MR) is 76.8 cm³/mol. The second-order valence-corrected chi connectivity index (χ2v) is 6.17. The van der Waals surface area contributed by atoms with Crippen LogP contribution in [0.15, 0.2) is 0 Å². The van der Waals surface area contributed by atoms with E-state index >= 15 is 0 Å². The maximum Gasteiger partial charge on any atom is 0.413 e. The van der Waals surface area contributed by atoms with Crippen LogP contribution in [0, 0.1) is 19.3 Å². The Hall–Kier alpha value is -1.77. The summed E-state index contributed by atoms with van der Waals surface area (Å²) in [6, 6.07) is -3.03. The quantitative estimate of drug-likeness (QED) is 0.767. The number of nitrogens with zero attached hydrogens (tertiary/aromatic N) is 2. The summed E-state index contributed by atoms with van der Waals surface area (Å²) >= 11 is 0. The van der Waals surface area contributed by atoms with Crippen molar-refractivity contribution >= 4 is 6.03 Å². The molecule has 6 nitrogen and oxygen atoms in total. The van der Waals surface area contributed by atoms with Gasteiger partial charge in [-0.1, -0.05) is 0 Å². The van der Waals surface area contributed by atoms with Gasteiger partial charge in [0.05, 0.1) is 12.3 Å². The maximum atomic E-state index is 13.4. The smallest absolute Gasteiger partial charge is 0.396 e. The molecule has 1 aliphatic rings. The van der Waals surface area contributed by atoms with Gasteiger partial charge in [0.1, 0.15) is 0 Å². The zero-order valence-corrected chi connectivity index (χ0v) is 13.3. The van der Waals surface area contributed by atoms with Crippen molar-refractivity contribution in [3.63, 3.8) is 0 Å². The molecule has 1 fully saturated rings. The minimum Gasteiger partial charge on any atom is -0.396 e. The summed E-state index contributed by atoms with van der Waals surface area (Å²) in [6.07, 6.45) is -3.12. The van der Waals surface area contributed by atoms with Gasteiger partial charge in [-0.15, -0.1) is 0 Å². The van der Waals surface area contributed by atoms with E-state index in [1.165, 1.54) is 18.5 Å². The van der Waals surface area contributed by atoms with Gasteiger partial charge < -0.3 is 15.7 Å². The fraction of sp³-hybridized carbons (Fsp3) is 0.714. The Labute approximate surface area is 132 Å². The van der Waals surface area contributed by atoms with Crippen LogP contribution in [0.3, 0.4) is 0 Å². The Morgan fingerprint density at radius 1 is 1.43 bits per heavy atom. The van der Waals surface area contributed by atoms with Crippen LogP contribution in [-0.2, 0) is 7.05 Å². The molecule has 0 radical (unpaired) electrons. The van der Waals surface area contributed by atoms with Crippen molar-refractivity contribution < 1.29 is 23.1 Å². The third kappa shape index (κ3) is 3.77. The largest absolute Gasteiger partial charge is 0.413 e. The molecule has 0 aromatic carbocycles. The fourth-order valence-corrected chi connectivity index (χ4v) is 2.54. The first kappa shape index (κ1) is 17.6. The maximum absolute atomic E-state index is 13.4. The molecule has 0 saturated heterocycles. The van der Waals surface area contributed by atoms with Gasteiger partial charge in [0.15, 0.2) is 6.04 Å². The zero-order chi connectivity index (χ0) is 17.4. The molecule has 1 aliphatic carbocycles. The minimum atomic E-state index is -4.63. The summed E-state index contributed by atoms with van der Waals surface area (Å²) in [4.78, 5) is 11.9. The molecule has 1 saturated carbocycles. The van der Waals surface area contributed by atoms with E-state index in [2.05, 4.69) is 10.4 Å². The van der Waals surface area contributed by atoms with Gasteiger partial charge >= 0.3 is 12.2 Å². The Kier molecular flexibility index (Phi) is 4.61. The van der Waals surface area contributed by atoms with Crippen molar-refractivity contribution in [1.82, 2.24) is 20.4 Å². The predicted octanol–water partition coefficient (Wildman–Crippen LogP) is 1.71. The average molecular weight is 334 g/mol. The summed E-state index contributed by atoms with van der Waals surface area (Å²) in [5.41, 5.74) is 0.157. The molecule has 2 amide bonds. The number of hydrogen-bond acceptors (Lipinski definition) is 3. The SMILES string of the molecule is Cc1nn(C)c(C)c1[C@@H](NC(=O)NCC1(CO)CC1)C(F)(F)F. The van der Waals surface area contributed by atoms with Gasteiger partial charge in [0.25, 0.3) is 0 Å². The lowest BCUT2D eigenvalue weighted by Gasteiger charge is -2.23. The second kappa shape index (κ2) is 6.03. The second-order valence-electron chi connectivity index (χ2n) is 6.17. The van der Waals surface area contributed by atoms with E-state index in [-0.39, 0.29) is 29.8 Å². The molecule has 0 bridgehead atoms. The first-order chi connectivity index (χ1) is 10.6. The number of alkyl halides is 3. The van der Waals surface area contributed by atoms with Crippen LogP contribution in [0.4, 0.5) is 18.0 Å². The van der Waals surface area contributed by atoms with Gasteiger partial charge in [-0.25, -0.2) is 4.79 Å². The molecular formula is C14H21F3N4O2. The van der Waals surface area contributed by atoms with E-state index in [1.807, 2.05) is 5.32 Å². The number of aliphatic hydroxyl groups is 1. The van der Waals surface area contributed by atoms with Gasteiger partial charge in [-0.05, 0) is 26.7 Å². The number of aryl methyl sites for hydroxylation is 2. The normalized spacial score (nSPS) is 17.7. The summed E-state index contributed by atoms with van der Waals surface area (Å²) in [5.74, 6) is 0. The Morgan fingerprint density at radius 3 is 2.43 bits per heavy atom. The molecule has 0 unspecified atom stereocenters. The molecule has 1 atom stereocenters. The third-order valence-corrected chi connectivity index (χ3v) is 4.37. The van der Waals surface area contributed by atoms with E-state index in [4.69, 9.17) is 0 Å². The minimum absolute atomic E-state index is 0.0431. The summed E-state index contributed by atoms with van der Waals surface area (Å²) in [5, 5.41) is 17.5. The fourth-order valence-electron chi connectivity index (χ4n) is 2.54. The van der Waals surface area contributed by atoms with Crippen LogP contribution in [0.5, 0.6) is 0 Å². The first-order valence-electron chi connectivity index (χ1n) is 7.32. The molecule has 9 heteroatoms. The Bertz CT molecular complexity index is 594. The summed E-state index contributed by atoms with van der Waals surface area (Å²) in [7, 11) is 1.55. The number of aliphatic hydroxyl groups excluding tert-OH is 1. The molecular weight excluding hydrogens is 313 g/mol. The van der Waals surface area contributed by atoms with Crippen LogP contribution in [0.25, 0.3) is 0 Å². The first-order valence-corrected chi connectivity index (χ1v) is 7.32. The van der Waals surface area contributed by atoms with Crippen LogP contribution < -0.4 is 10.6 Å². The molecule has 0 spiro atoms. The van der Waals surface area contributed by atoms with Gasteiger partial charge in [-0.3, -0.25) is 4.68 Å². The number of carbonyl (C=O) groups is 1. The number of halogens is 3. The van der Waals surface area contributed by atoms with E-state index in [9.17, 15) is 23.1 Å². The molecule has 3 N–H and O–H groups in total. The molecule has 0 aliphatic heterocycles. The standard InChI is InChI=1S/C14H21F3N4O2/c1-8-10(9(2)21(3)20-8)11(14(15,16)17)19-12(23)18-6-13(7-22)4-5-13/h11,22H,4-7H2,1-3H3,(H2,18,19,23)/t11-/m1/s1. The van der Waals surface area contributed by atoms with Crippen molar-refractivity contribution in [2.45, 2.75) is 38.9 Å². The monoisotopic (exact) mass is 334 g/mol. The van der Waals surface area contributed by atoms with Crippen LogP contribution in [-0.4, -0.2) is 40.2 Å². The molecule has 23 heavy (non-hydrogen) atoms. The van der Waals surface area contributed by atoms with Crippen molar-refractivity contribution in [2.24, 2.45) is 12.5 Å². The number of aromatic nitrogens is 2. The third-order valence-electron chi connectivity index (χ3n) is 4.37. The molecule has 130 valence electrons. The molecule has 1 aromatic heterocycles. The highest BCUT2D eigenvalue weighted by molar-refractivity contribution is 5.74. The highest BCUT2D eigenvalue weighted by Gasteiger charge is 2.45. The topological polar surface area (TPSA) is 79.2 Å². The molecule has 1 heterocycles. The zero-order valence-electron chi connectivity index (χ0n) is 13.3. The molecule has 2 rings (SSSR count). The highest BCUT2D eigenvalue weighted by atomic mass is 19.4. The lowest BCUT2D eigenvalue weighted by molar-refractivity contribution is -0.155. The van der Waals surface area contributed by atoms with Gasteiger partial charge in [0, 0.05) is 30.3 Å². The average Bonchev–Trinajstić information content (AvgIpc) is 3.18. The van der Waals surface area contributed by atoms with Crippen molar-refractivity contribution in [1.29, 1.82) is 0 Å². The Balaban J connectivity index is 2.12. The van der Waals surface area contributed by atoms with Crippen LogP contribution >= 0.6 is 0 Å². The number of hydrogen-bond donors (Lipinski definition) is 3. The molecule has 1 aromatic rings. The van der Waals surface area contributed by atoms with Gasteiger partial charge in [0.2, 0.25) is 0 Å².